The summed E-state index contributed by atoms with van der Waals surface area (Å²) in [6.07, 6.45) is 1.39. The van der Waals surface area contributed by atoms with Crippen LogP contribution in [0.3, 0.4) is 0 Å². The third-order valence-corrected chi connectivity index (χ3v) is 5.76. The molecule has 3 rings (SSSR count). The van der Waals surface area contributed by atoms with Crippen LogP contribution in [-0.4, -0.2) is 35.7 Å². The van der Waals surface area contributed by atoms with Gasteiger partial charge >= 0.3 is 0 Å². The van der Waals surface area contributed by atoms with Crippen LogP contribution in [-0.2, 0) is 4.79 Å². The number of amides is 3. The number of anilines is 1. The molecule has 0 saturated carbocycles. The van der Waals surface area contributed by atoms with Crippen LogP contribution < -0.4 is 11.1 Å². The highest BCUT2D eigenvalue weighted by Gasteiger charge is 2.29. The Bertz CT molecular complexity index is 978. The molecule has 2 aromatic carbocycles. The number of nitrogens with one attached hydrogen (secondary N) is 1. The van der Waals surface area contributed by atoms with Crippen molar-refractivity contribution in [1.82, 2.24) is 4.90 Å². The lowest BCUT2D eigenvalue weighted by molar-refractivity contribution is -0.121. The summed E-state index contributed by atoms with van der Waals surface area (Å²) in [4.78, 5) is 38.7. The van der Waals surface area contributed by atoms with Gasteiger partial charge in [-0.2, -0.15) is 0 Å². The highest BCUT2D eigenvalue weighted by atomic mass is 35.5. The molecule has 29 heavy (non-hydrogen) atoms. The molecular weight excluding hydrogens is 413 g/mol. The lowest BCUT2D eigenvalue weighted by atomic mass is 9.96. The number of halogens is 2. The number of primary amides is 1. The average molecular weight is 434 g/mol. The minimum Gasteiger partial charge on any atom is -0.366 e. The van der Waals surface area contributed by atoms with Gasteiger partial charge in [-0.3, -0.25) is 14.4 Å². The SMILES string of the molecule is Cc1ccc(C(N)=O)cc1NC(=O)C1CCCN(C(=O)c2ccc(Cl)c(Cl)c2)C1. The van der Waals surface area contributed by atoms with Crippen LogP contribution in [0.4, 0.5) is 5.69 Å². The van der Waals surface area contributed by atoms with Crippen molar-refractivity contribution < 1.29 is 14.4 Å². The van der Waals surface area contributed by atoms with E-state index in [1.54, 1.807) is 35.2 Å². The van der Waals surface area contributed by atoms with Gasteiger partial charge in [-0.25, -0.2) is 0 Å². The largest absolute Gasteiger partial charge is 0.366 e. The molecule has 3 N–H and O–H groups in total. The monoisotopic (exact) mass is 433 g/mol. The van der Waals surface area contributed by atoms with Gasteiger partial charge in [0.05, 0.1) is 16.0 Å². The van der Waals surface area contributed by atoms with Crippen molar-refractivity contribution in [3.05, 3.63) is 63.1 Å². The van der Waals surface area contributed by atoms with Gasteiger partial charge in [0, 0.05) is 29.9 Å². The number of hydrogen-bond donors (Lipinski definition) is 2. The Morgan fingerprint density at radius 1 is 1.07 bits per heavy atom. The predicted octanol–water partition coefficient (Wildman–Crippen LogP) is 3.89. The Labute approximate surface area is 179 Å². The van der Waals surface area contributed by atoms with E-state index >= 15 is 0 Å². The van der Waals surface area contributed by atoms with Crippen LogP contribution >= 0.6 is 23.2 Å². The zero-order valence-electron chi connectivity index (χ0n) is 15.9. The number of benzene rings is 2. The molecule has 0 aliphatic carbocycles. The molecule has 1 aliphatic heterocycles. The van der Waals surface area contributed by atoms with Crippen LogP contribution in [0.15, 0.2) is 36.4 Å². The summed E-state index contributed by atoms with van der Waals surface area (Å²) in [7, 11) is 0. The van der Waals surface area contributed by atoms with Crippen LogP contribution in [0.2, 0.25) is 10.0 Å². The molecule has 0 radical (unpaired) electrons. The first-order valence-electron chi connectivity index (χ1n) is 9.22. The number of hydrogen-bond acceptors (Lipinski definition) is 3. The number of nitrogens with two attached hydrogens (primary N) is 1. The molecule has 1 aliphatic rings. The maximum atomic E-state index is 12.8. The summed E-state index contributed by atoms with van der Waals surface area (Å²) >= 11 is 11.9. The van der Waals surface area contributed by atoms with Crippen molar-refractivity contribution in [3.8, 4) is 0 Å². The van der Waals surface area contributed by atoms with Gasteiger partial charge in [-0.05, 0) is 55.7 Å². The van der Waals surface area contributed by atoms with E-state index in [2.05, 4.69) is 5.32 Å². The van der Waals surface area contributed by atoms with Gasteiger partial charge in [0.2, 0.25) is 11.8 Å². The fourth-order valence-corrected chi connectivity index (χ4v) is 3.63. The summed E-state index contributed by atoms with van der Waals surface area (Å²) in [6.45, 7) is 2.71. The van der Waals surface area contributed by atoms with E-state index in [9.17, 15) is 14.4 Å². The Morgan fingerprint density at radius 3 is 2.48 bits per heavy atom. The third kappa shape index (κ3) is 4.89. The standard InChI is InChI=1S/C21H21Cl2N3O3/c1-12-4-5-13(19(24)27)10-18(12)25-20(28)15-3-2-8-26(11-15)21(29)14-6-7-16(22)17(23)9-14/h4-7,9-10,15H,2-3,8,11H2,1H3,(H2,24,27)(H,25,28). The summed E-state index contributed by atoms with van der Waals surface area (Å²) in [5.74, 6) is -1.29. The normalized spacial score (nSPS) is 16.4. The average Bonchev–Trinajstić information content (AvgIpc) is 2.71. The fraction of sp³-hybridized carbons (Fsp3) is 0.286. The lowest BCUT2D eigenvalue weighted by Crippen LogP contribution is -2.43. The van der Waals surface area contributed by atoms with Gasteiger partial charge in [-0.15, -0.1) is 0 Å². The summed E-state index contributed by atoms with van der Waals surface area (Å²) in [5.41, 5.74) is 7.44. The molecule has 1 saturated heterocycles. The second-order valence-corrected chi connectivity index (χ2v) is 7.92. The van der Waals surface area contributed by atoms with Gasteiger partial charge in [0.1, 0.15) is 0 Å². The van der Waals surface area contributed by atoms with Crippen molar-refractivity contribution in [3.63, 3.8) is 0 Å². The first-order chi connectivity index (χ1) is 13.8. The molecule has 0 aromatic heterocycles. The van der Waals surface area contributed by atoms with Crippen LogP contribution in [0, 0.1) is 12.8 Å². The van der Waals surface area contributed by atoms with E-state index in [4.69, 9.17) is 28.9 Å². The van der Waals surface area contributed by atoms with E-state index in [1.807, 2.05) is 6.92 Å². The van der Waals surface area contributed by atoms with Crippen molar-refractivity contribution in [2.24, 2.45) is 11.7 Å². The molecule has 152 valence electrons. The van der Waals surface area contributed by atoms with E-state index in [0.717, 1.165) is 5.56 Å². The molecule has 2 aromatic rings. The van der Waals surface area contributed by atoms with Gasteiger partial charge in [0.25, 0.3) is 5.91 Å². The Morgan fingerprint density at radius 2 is 1.79 bits per heavy atom. The minimum atomic E-state index is -0.559. The van der Waals surface area contributed by atoms with Gasteiger partial charge in [0.15, 0.2) is 0 Å². The van der Waals surface area contributed by atoms with Crippen molar-refractivity contribution >= 4 is 46.6 Å². The highest BCUT2D eigenvalue weighted by Crippen LogP contribution is 2.26. The highest BCUT2D eigenvalue weighted by molar-refractivity contribution is 6.42. The summed E-state index contributed by atoms with van der Waals surface area (Å²) in [6, 6.07) is 9.66. The maximum absolute atomic E-state index is 12.8. The molecular formula is C21H21Cl2N3O3. The molecule has 8 heteroatoms. The molecule has 0 spiro atoms. The molecule has 1 atom stereocenters. The number of rotatable bonds is 4. The molecule has 3 amide bonds. The van der Waals surface area contributed by atoms with Crippen molar-refractivity contribution in [2.45, 2.75) is 19.8 Å². The first kappa shape index (κ1) is 21.1. The topological polar surface area (TPSA) is 92.5 Å². The molecule has 1 heterocycles. The molecule has 1 fully saturated rings. The lowest BCUT2D eigenvalue weighted by Gasteiger charge is -2.32. The van der Waals surface area contributed by atoms with E-state index in [-0.39, 0.29) is 17.7 Å². The van der Waals surface area contributed by atoms with Crippen molar-refractivity contribution in [1.29, 1.82) is 0 Å². The van der Waals surface area contributed by atoms with Gasteiger partial charge < -0.3 is 16.0 Å². The van der Waals surface area contributed by atoms with Crippen LogP contribution in [0.5, 0.6) is 0 Å². The smallest absolute Gasteiger partial charge is 0.253 e. The van der Waals surface area contributed by atoms with Crippen LogP contribution in [0.25, 0.3) is 0 Å². The second kappa shape index (κ2) is 8.84. The molecule has 0 bridgehead atoms. The second-order valence-electron chi connectivity index (χ2n) is 7.10. The number of piperidine rings is 1. The van der Waals surface area contributed by atoms with Crippen molar-refractivity contribution in [2.75, 3.05) is 18.4 Å². The molecule has 6 nitrogen and oxygen atoms in total. The zero-order valence-corrected chi connectivity index (χ0v) is 17.4. The Balaban J connectivity index is 1.71. The number of carbonyl (C=O) groups is 3. The predicted molar refractivity (Wildman–Crippen MR) is 113 cm³/mol. The number of aryl methyl sites for hydroxylation is 1. The Kier molecular flexibility index (Phi) is 6.45. The third-order valence-electron chi connectivity index (χ3n) is 5.03. The fourth-order valence-electron chi connectivity index (χ4n) is 3.33. The minimum absolute atomic E-state index is 0.187. The quantitative estimate of drug-likeness (QED) is 0.765. The Hall–Kier alpha value is -2.57. The summed E-state index contributed by atoms with van der Waals surface area (Å²) < 4.78 is 0. The number of carbonyl (C=O) groups excluding carboxylic acids is 3. The zero-order chi connectivity index (χ0) is 21.1. The summed E-state index contributed by atoms with van der Waals surface area (Å²) in [5, 5.41) is 3.56. The van der Waals surface area contributed by atoms with E-state index in [0.29, 0.717) is 52.8 Å². The number of likely N-dealkylation sites (tertiary alicyclic amines) is 1. The van der Waals surface area contributed by atoms with Gasteiger partial charge in [-0.1, -0.05) is 29.3 Å². The number of nitrogens with zero attached hydrogens (tertiary/aromatic N) is 1. The van der Waals surface area contributed by atoms with Crippen LogP contribution in [0.1, 0.15) is 39.1 Å². The first-order valence-corrected chi connectivity index (χ1v) is 9.97. The maximum Gasteiger partial charge on any atom is 0.253 e. The van der Waals surface area contributed by atoms with E-state index in [1.165, 1.54) is 6.07 Å². The molecule has 1 unspecified atom stereocenters. The van der Waals surface area contributed by atoms with E-state index < -0.39 is 5.91 Å².